The van der Waals surface area contributed by atoms with Gasteiger partial charge in [-0.05, 0) is 99.2 Å². The Morgan fingerprint density at radius 3 is 2.72 bits per heavy atom. The third-order valence-corrected chi connectivity index (χ3v) is 13.4. The van der Waals surface area contributed by atoms with Crippen LogP contribution in [0.5, 0.6) is 0 Å². The zero-order chi connectivity index (χ0) is 25.6. The average molecular weight is 517 g/mol. The molecule has 0 aromatic carbocycles. The number of hydrogen-bond donors (Lipinski definition) is 1. The number of fused-ring (bicyclic) bond motifs is 6. The van der Waals surface area contributed by atoms with Crippen molar-refractivity contribution in [2.24, 2.45) is 40.9 Å². The van der Waals surface area contributed by atoms with E-state index in [2.05, 4.69) is 43.2 Å². The molecule has 0 aromatic rings. The summed E-state index contributed by atoms with van der Waals surface area (Å²) in [6.45, 7) is 11.3. The Morgan fingerprint density at radius 2 is 1.97 bits per heavy atom. The van der Waals surface area contributed by atoms with Crippen LogP contribution in [0.3, 0.4) is 0 Å². The third kappa shape index (κ3) is 3.78. The van der Waals surface area contributed by atoms with Gasteiger partial charge in [-0.15, -0.1) is 0 Å². The number of amides is 1. The Balaban J connectivity index is 1.29. The van der Waals surface area contributed by atoms with Crippen LogP contribution in [-0.2, 0) is 19.2 Å². The number of nitrogens with zero attached hydrogens (tertiary/aromatic N) is 1. The molecule has 1 unspecified atom stereocenters. The molecule has 5 fully saturated rings. The normalized spacial score (nSPS) is 50.9. The number of nitrogens with one attached hydrogen (secondary N) is 1. The van der Waals surface area contributed by atoms with E-state index in [1.165, 1.54) is 25.7 Å². The van der Waals surface area contributed by atoms with Crippen LogP contribution in [0.15, 0.2) is 11.1 Å². The van der Waals surface area contributed by atoms with Crippen LogP contribution in [0.2, 0.25) is 0 Å². The number of rotatable bonds is 1. The van der Waals surface area contributed by atoms with Crippen molar-refractivity contribution in [3.8, 4) is 0 Å². The standard InChI is InChI=1S/C30H48N2O3S/c1-18-13-26-28(32(17-18)36(5,6)34)20(3)30(35-26)12-9-22-23-8-7-21-16-31-27(33)10-11-29(21,4)25(23)14-24(22)19(2)15-30/h18,20-23,25-26,28H,5,7-17H2,1-4,6H3,(H,31,33)/t18-,20+,21+,22-,23-,25-,26+,28-,29-,30-,36?/m0/s1. The molecule has 5 nitrogen and oxygen atoms in total. The summed E-state index contributed by atoms with van der Waals surface area (Å²) in [5.74, 6) is 7.96. The quantitative estimate of drug-likeness (QED) is 0.402. The summed E-state index contributed by atoms with van der Waals surface area (Å²) in [5.41, 5.74) is 3.45. The highest BCUT2D eigenvalue weighted by Crippen LogP contribution is 2.64. The van der Waals surface area contributed by atoms with Crippen molar-refractivity contribution >= 4 is 21.5 Å². The summed E-state index contributed by atoms with van der Waals surface area (Å²) in [4.78, 5) is 12.2. The first-order valence-electron chi connectivity index (χ1n) is 14.6. The molecule has 3 saturated heterocycles. The lowest BCUT2D eigenvalue weighted by molar-refractivity contribution is -0.121. The Hall–Kier alpha value is -0.850. The molecule has 0 aromatic heterocycles. The maximum atomic E-state index is 13.2. The fraction of sp³-hybridized carbons (Fsp3) is 0.867. The van der Waals surface area contributed by atoms with Crippen molar-refractivity contribution < 1.29 is 13.7 Å². The molecule has 0 bridgehead atoms. The van der Waals surface area contributed by atoms with Gasteiger partial charge in [0.1, 0.15) is 0 Å². The molecule has 6 rings (SSSR count). The maximum Gasteiger partial charge on any atom is 0.220 e. The molecule has 2 saturated carbocycles. The molecule has 3 aliphatic carbocycles. The van der Waals surface area contributed by atoms with E-state index in [-0.39, 0.29) is 29.1 Å². The lowest BCUT2D eigenvalue weighted by Crippen LogP contribution is -2.53. The summed E-state index contributed by atoms with van der Waals surface area (Å²) < 4.78 is 22.5. The smallest absolute Gasteiger partial charge is 0.220 e. The van der Waals surface area contributed by atoms with E-state index in [9.17, 15) is 9.00 Å². The second kappa shape index (κ2) is 8.58. The summed E-state index contributed by atoms with van der Waals surface area (Å²) in [6.07, 6.45) is 11.9. The van der Waals surface area contributed by atoms with Crippen molar-refractivity contribution in [2.45, 2.75) is 103 Å². The molecule has 1 N–H and O–H groups in total. The Morgan fingerprint density at radius 1 is 1.19 bits per heavy atom. The predicted octanol–water partition coefficient (Wildman–Crippen LogP) is 4.81. The molecule has 0 radical (unpaired) electrons. The largest absolute Gasteiger partial charge is 0.369 e. The van der Waals surface area contributed by atoms with E-state index < -0.39 is 9.71 Å². The van der Waals surface area contributed by atoms with Crippen LogP contribution >= 0.6 is 0 Å². The molecule has 1 spiro atoms. The topological polar surface area (TPSA) is 58.6 Å². The number of piperidine rings is 1. The van der Waals surface area contributed by atoms with E-state index in [1.54, 1.807) is 11.1 Å². The highest BCUT2D eigenvalue weighted by Gasteiger charge is 2.60. The predicted molar refractivity (Wildman–Crippen MR) is 147 cm³/mol. The van der Waals surface area contributed by atoms with Gasteiger partial charge >= 0.3 is 0 Å². The minimum atomic E-state index is -2.27. The SMILES string of the molecule is C=S(C)(=O)N1C[C@@H](C)C[C@H]2O[C@]3(CC[C@@H]4C(=C(C)C3)C[C@H]3[C@H]4CC[C@@H]4CNC(=O)CC[C@@]43C)[C@H](C)[C@@H]21. The highest BCUT2D eigenvalue weighted by molar-refractivity contribution is 7.97. The number of hydrogen-bond acceptors (Lipinski definition) is 3. The fourth-order valence-electron chi connectivity index (χ4n) is 10.1. The summed E-state index contributed by atoms with van der Waals surface area (Å²) in [5, 5.41) is 3.21. The van der Waals surface area contributed by atoms with Gasteiger partial charge < -0.3 is 10.1 Å². The van der Waals surface area contributed by atoms with Gasteiger partial charge in [0, 0.05) is 41.4 Å². The zero-order valence-corrected chi connectivity index (χ0v) is 24.0. The summed E-state index contributed by atoms with van der Waals surface area (Å²) in [6, 6.07) is 0.213. The van der Waals surface area contributed by atoms with Gasteiger partial charge in [-0.1, -0.05) is 31.9 Å². The molecule has 6 aliphatic rings. The van der Waals surface area contributed by atoms with E-state index in [0.29, 0.717) is 36.0 Å². The Kier molecular flexibility index (Phi) is 6.06. The van der Waals surface area contributed by atoms with E-state index in [4.69, 9.17) is 4.74 Å². The molecular formula is C30H48N2O3S. The van der Waals surface area contributed by atoms with Crippen molar-refractivity contribution in [3.63, 3.8) is 0 Å². The number of carbonyl (C=O) groups excluding carboxylic acids is 1. The first kappa shape index (κ1) is 25.4. The Labute approximate surface area is 219 Å². The third-order valence-electron chi connectivity index (χ3n) is 12.0. The lowest BCUT2D eigenvalue weighted by Gasteiger charge is -2.49. The second-order valence-electron chi connectivity index (χ2n) is 14.1. The van der Waals surface area contributed by atoms with Crippen LogP contribution in [-0.4, -0.2) is 57.4 Å². The summed E-state index contributed by atoms with van der Waals surface area (Å²) in [7, 11) is -2.27. The van der Waals surface area contributed by atoms with Gasteiger partial charge in [0.25, 0.3) is 0 Å². The highest BCUT2D eigenvalue weighted by atomic mass is 32.2. The van der Waals surface area contributed by atoms with Gasteiger partial charge in [-0.3, -0.25) is 9.00 Å². The molecule has 36 heavy (non-hydrogen) atoms. The molecule has 6 heteroatoms. The van der Waals surface area contributed by atoms with Gasteiger partial charge in [0.2, 0.25) is 5.91 Å². The molecule has 11 atom stereocenters. The minimum absolute atomic E-state index is 0.140. The molecule has 1 amide bonds. The van der Waals surface area contributed by atoms with Crippen LogP contribution in [0, 0.1) is 40.9 Å². The first-order chi connectivity index (χ1) is 16.9. The molecular weight excluding hydrogens is 468 g/mol. The minimum Gasteiger partial charge on any atom is -0.369 e. The monoisotopic (exact) mass is 516 g/mol. The molecule has 202 valence electrons. The first-order valence-corrected chi connectivity index (χ1v) is 16.7. The second-order valence-corrected chi connectivity index (χ2v) is 16.5. The molecule has 3 heterocycles. The lowest BCUT2D eigenvalue weighted by atomic mass is 9.55. The maximum absolute atomic E-state index is 13.2. The van der Waals surface area contributed by atoms with E-state index in [1.807, 2.05) is 6.26 Å². The Bertz CT molecular complexity index is 1070. The van der Waals surface area contributed by atoms with Gasteiger partial charge in [-0.2, -0.15) is 0 Å². The van der Waals surface area contributed by atoms with Crippen molar-refractivity contribution in [1.29, 1.82) is 0 Å². The zero-order valence-electron chi connectivity index (χ0n) is 23.2. The van der Waals surface area contributed by atoms with Gasteiger partial charge in [-0.25, -0.2) is 4.31 Å². The van der Waals surface area contributed by atoms with Gasteiger partial charge in [0.05, 0.1) is 17.7 Å². The van der Waals surface area contributed by atoms with E-state index in [0.717, 1.165) is 44.7 Å². The van der Waals surface area contributed by atoms with Crippen LogP contribution in [0.1, 0.15) is 85.5 Å². The van der Waals surface area contributed by atoms with Crippen molar-refractivity contribution in [3.05, 3.63) is 11.1 Å². The number of carbonyl (C=O) groups is 1. The average Bonchev–Trinajstić information content (AvgIpc) is 3.20. The number of ether oxygens (including phenoxy) is 1. The number of allylic oxidation sites excluding steroid dienone is 1. The van der Waals surface area contributed by atoms with Crippen molar-refractivity contribution in [2.75, 3.05) is 19.3 Å². The van der Waals surface area contributed by atoms with Gasteiger partial charge in [0.15, 0.2) is 0 Å². The van der Waals surface area contributed by atoms with Crippen LogP contribution in [0.25, 0.3) is 0 Å². The van der Waals surface area contributed by atoms with Crippen LogP contribution in [0.4, 0.5) is 0 Å². The van der Waals surface area contributed by atoms with Crippen molar-refractivity contribution in [1.82, 2.24) is 9.62 Å². The van der Waals surface area contributed by atoms with Crippen LogP contribution < -0.4 is 5.32 Å². The molecule has 3 aliphatic heterocycles. The van der Waals surface area contributed by atoms with E-state index >= 15 is 0 Å². The fourth-order valence-corrected chi connectivity index (χ4v) is 11.5. The summed E-state index contributed by atoms with van der Waals surface area (Å²) >= 11 is 0.